The largest absolute Gasteiger partial charge is 0.350 e. The van der Waals surface area contributed by atoms with Crippen LogP contribution in [0.1, 0.15) is 11.1 Å². The minimum absolute atomic E-state index is 0.104. The third-order valence-electron chi connectivity index (χ3n) is 4.46. The number of aromatic nitrogens is 3. The van der Waals surface area contributed by atoms with Gasteiger partial charge in [-0.1, -0.05) is 54.6 Å². The van der Waals surface area contributed by atoms with Gasteiger partial charge in [-0.05, 0) is 24.1 Å². The van der Waals surface area contributed by atoms with Crippen molar-refractivity contribution >= 4 is 23.1 Å². The summed E-state index contributed by atoms with van der Waals surface area (Å²) in [6.45, 7) is 0. The van der Waals surface area contributed by atoms with Gasteiger partial charge in [-0.25, -0.2) is 0 Å². The van der Waals surface area contributed by atoms with E-state index >= 15 is 0 Å². The summed E-state index contributed by atoms with van der Waals surface area (Å²) in [7, 11) is 2.02. The average Bonchev–Trinajstić information content (AvgIpc) is 3.15. The zero-order valence-corrected chi connectivity index (χ0v) is 14.0. The van der Waals surface area contributed by atoms with Crippen LogP contribution >= 0.6 is 0 Å². The van der Waals surface area contributed by atoms with E-state index in [9.17, 15) is 4.79 Å². The highest BCUT2D eigenvalue weighted by atomic mass is 16.1. The van der Waals surface area contributed by atoms with Crippen molar-refractivity contribution in [1.82, 2.24) is 14.8 Å². The van der Waals surface area contributed by atoms with Crippen LogP contribution in [0.5, 0.6) is 0 Å². The zero-order chi connectivity index (χ0) is 17.2. The molecule has 0 bridgehead atoms. The van der Waals surface area contributed by atoms with Crippen LogP contribution in [0.2, 0.25) is 0 Å². The normalized spacial score (nSPS) is 13.0. The van der Waals surface area contributed by atoms with E-state index in [1.165, 1.54) is 5.56 Å². The molecule has 0 saturated heterocycles. The highest BCUT2D eigenvalue weighted by molar-refractivity contribution is 5.89. The van der Waals surface area contributed by atoms with E-state index in [0.717, 1.165) is 28.2 Å². The van der Waals surface area contributed by atoms with Crippen LogP contribution in [-0.2, 0) is 13.5 Å². The Labute approximate surface area is 144 Å². The van der Waals surface area contributed by atoms with E-state index in [-0.39, 0.29) is 5.56 Å². The first kappa shape index (κ1) is 15.3. The number of nitrogens with one attached hydrogen (secondary N) is 2. The van der Waals surface area contributed by atoms with Crippen molar-refractivity contribution in [3.8, 4) is 0 Å². The Bertz CT molecular complexity index is 1190. The first-order valence-electron chi connectivity index (χ1n) is 8.29. The molecule has 4 nitrogen and oxygen atoms in total. The predicted octanol–water partition coefficient (Wildman–Crippen LogP) is 2.05. The van der Waals surface area contributed by atoms with Gasteiger partial charge in [-0.2, -0.15) is 0 Å². The van der Waals surface area contributed by atoms with Crippen molar-refractivity contribution in [3.05, 3.63) is 92.8 Å². The lowest BCUT2D eigenvalue weighted by molar-refractivity contribution is 0.968. The Balaban J connectivity index is 1.84. The van der Waals surface area contributed by atoms with Gasteiger partial charge in [-0.3, -0.25) is 15.0 Å². The van der Waals surface area contributed by atoms with Crippen LogP contribution in [0.3, 0.4) is 0 Å². The second-order valence-electron chi connectivity index (χ2n) is 6.16. The van der Waals surface area contributed by atoms with Crippen LogP contribution in [0.25, 0.3) is 23.1 Å². The fourth-order valence-corrected chi connectivity index (χ4v) is 3.16. The fraction of sp³-hybridized carbons (Fsp3) is 0.0952. The third-order valence-corrected chi connectivity index (χ3v) is 4.46. The lowest BCUT2D eigenvalue weighted by Gasteiger charge is -1.93. The van der Waals surface area contributed by atoms with Crippen LogP contribution < -0.4 is 16.1 Å². The highest BCUT2D eigenvalue weighted by Gasteiger charge is 2.04. The maximum Gasteiger partial charge on any atom is 0.271 e. The summed E-state index contributed by atoms with van der Waals surface area (Å²) >= 11 is 0. The summed E-state index contributed by atoms with van der Waals surface area (Å²) in [4.78, 5) is 12.3. The molecule has 4 aromatic rings. The smallest absolute Gasteiger partial charge is 0.271 e. The predicted molar refractivity (Wildman–Crippen MR) is 102 cm³/mol. The highest BCUT2D eigenvalue weighted by Crippen LogP contribution is 2.20. The number of aromatic amines is 2. The molecule has 0 aliphatic rings. The lowest BCUT2D eigenvalue weighted by atomic mass is 10.1. The molecule has 2 aromatic carbocycles. The maximum atomic E-state index is 12.3. The summed E-state index contributed by atoms with van der Waals surface area (Å²) in [5, 5.41) is 8.31. The van der Waals surface area contributed by atoms with Gasteiger partial charge < -0.3 is 4.57 Å². The van der Waals surface area contributed by atoms with E-state index in [2.05, 4.69) is 45.2 Å². The summed E-state index contributed by atoms with van der Waals surface area (Å²) in [6, 6.07) is 18.4. The van der Waals surface area contributed by atoms with E-state index in [1.807, 2.05) is 49.5 Å². The molecule has 0 aliphatic carbocycles. The zero-order valence-electron chi connectivity index (χ0n) is 14.0. The van der Waals surface area contributed by atoms with Crippen molar-refractivity contribution in [2.75, 3.05) is 0 Å². The topological polar surface area (TPSA) is 53.6 Å². The number of aryl methyl sites for hydroxylation is 1. The summed E-state index contributed by atoms with van der Waals surface area (Å²) in [5.41, 5.74) is 3.29. The van der Waals surface area contributed by atoms with Crippen LogP contribution in [0.4, 0.5) is 0 Å². The van der Waals surface area contributed by atoms with Crippen molar-refractivity contribution in [3.63, 3.8) is 0 Å². The summed E-state index contributed by atoms with van der Waals surface area (Å²) < 4.78 is 2.08. The number of fused-ring (bicyclic) bond motifs is 1. The number of nitrogens with zero attached hydrogens (tertiary/aromatic N) is 1. The van der Waals surface area contributed by atoms with Crippen LogP contribution in [-0.4, -0.2) is 14.8 Å². The SMILES string of the molecule is Cn1cc(C=c2c(=O)[nH][nH]c2=CCc2ccccc2)c2ccccc21. The minimum Gasteiger partial charge on any atom is -0.350 e. The first-order chi connectivity index (χ1) is 12.2. The van der Waals surface area contributed by atoms with Gasteiger partial charge in [0.25, 0.3) is 5.56 Å². The molecule has 2 heterocycles. The van der Waals surface area contributed by atoms with Gasteiger partial charge in [0, 0.05) is 29.7 Å². The third kappa shape index (κ3) is 2.94. The molecule has 2 N–H and O–H groups in total. The Kier molecular flexibility index (Phi) is 3.86. The van der Waals surface area contributed by atoms with Crippen molar-refractivity contribution in [1.29, 1.82) is 0 Å². The number of hydrogen-bond donors (Lipinski definition) is 2. The molecule has 0 radical (unpaired) electrons. The van der Waals surface area contributed by atoms with E-state index < -0.39 is 0 Å². The monoisotopic (exact) mass is 329 g/mol. The molecule has 0 atom stereocenters. The molecule has 2 aromatic heterocycles. The molecule has 124 valence electrons. The summed E-state index contributed by atoms with van der Waals surface area (Å²) in [5.74, 6) is 0. The van der Waals surface area contributed by atoms with Crippen LogP contribution in [0, 0.1) is 0 Å². The lowest BCUT2D eigenvalue weighted by Crippen LogP contribution is -2.33. The molecule has 0 saturated carbocycles. The first-order valence-corrected chi connectivity index (χ1v) is 8.29. The van der Waals surface area contributed by atoms with Crippen molar-refractivity contribution in [2.24, 2.45) is 7.05 Å². The molecule has 4 heteroatoms. The molecule has 0 amide bonds. The minimum atomic E-state index is -0.104. The number of para-hydroxylation sites is 1. The van der Waals surface area contributed by atoms with Crippen LogP contribution in [0.15, 0.2) is 65.6 Å². The quantitative estimate of drug-likeness (QED) is 0.594. The summed E-state index contributed by atoms with van der Waals surface area (Å²) in [6.07, 6.45) is 6.82. The van der Waals surface area contributed by atoms with E-state index in [4.69, 9.17) is 0 Å². The number of H-pyrrole nitrogens is 2. The molecule has 0 spiro atoms. The second-order valence-corrected chi connectivity index (χ2v) is 6.16. The fourth-order valence-electron chi connectivity index (χ4n) is 3.16. The second kappa shape index (κ2) is 6.32. The Morgan fingerprint density at radius 2 is 1.76 bits per heavy atom. The molecule has 0 unspecified atom stereocenters. The van der Waals surface area contributed by atoms with Gasteiger partial charge in [0.2, 0.25) is 0 Å². The van der Waals surface area contributed by atoms with Gasteiger partial charge in [0.05, 0.1) is 10.6 Å². The Hall–Kier alpha value is -3.27. The molecule has 25 heavy (non-hydrogen) atoms. The standard InChI is InChI=1S/C21H19N3O/c1-24-14-16(17-9-5-6-10-20(17)24)13-18-19(22-23-21(18)25)12-11-15-7-3-2-4-8-15/h2-10,12-14,22H,11H2,1H3,(H,23,25). The molecular formula is C21H19N3O. The molecular weight excluding hydrogens is 310 g/mol. The Morgan fingerprint density at radius 1 is 1.00 bits per heavy atom. The van der Waals surface area contributed by atoms with Crippen molar-refractivity contribution in [2.45, 2.75) is 6.42 Å². The molecule has 0 fully saturated rings. The molecule has 4 rings (SSSR count). The number of rotatable bonds is 3. The molecule has 0 aliphatic heterocycles. The van der Waals surface area contributed by atoms with Gasteiger partial charge in [-0.15, -0.1) is 0 Å². The average molecular weight is 329 g/mol. The number of benzene rings is 2. The van der Waals surface area contributed by atoms with Gasteiger partial charge in [0.15, 0.2) is 0 Å². The maximum absolute atomic E-state index is 12.3. The van der Waals surface area contributed by atoms with Crippen molar-refractivity contribution < 1.29 is 0 Å². The Morgan fingerprint density at radius 3 is 2.60 bits per heavy atom. The van der Waals surface area contributed by atoms with E-state index in [0.29, 0.717) is 5.22 Å². The van der Waals surface area contributed by atoms with Gasteiger partial charge >= 0.3 is 0 Å². The number of hydrogen-bond acceptors (Lipinski definition) is 1. The van der Waals surface area contributed by atoms with Gasteiger partial charge in [0.1, 0.15) is 0 Å². The van der Waals surface area contributed by atoms with E-state index in [1.54, 1.807) is 0 Å².